The van der Waals surface area contributed by atoms with Crippen molar-refractivity contribution in [2.45, 2.75) is 57.0 Å². The number of aliphatic carboxylic acids is 1. The number of nitrogens with two attached hydrogens (primary N) is 1. The number of carboxylic acids is 1. The molecule has 8 heteroatoms. The summed E-state index contributed by atoms with van der Waals surface area (Å²) in [6, 6.07) is 3.65. The van der Waals surface area contributed by atoms with E-state index in [9.17, 15) is 14.7 Å². The molecule has 2 aromatic heterocycles. The van der Waals surface area contributed by atoms with Crippen molar-refractivity contribution >= 4 is 17.7 Å². The van der Waals surface area contributed by atoms with Crippen molar-refractivity contribution in [3.05, 3.63) is 42.1 Å². The molecule has 4 N–H and O–H groups in total. The van der Waals surface area contributed by atoms with Gasteiger partial charge in [0.1, 0.15) is 18.3 Å². The van der Waals surface area contributed by atoms with Crippen LogP contribution in [-0.4, -0.2) is 37.6 Å². The Hall–Kier alpha value is -2.90. The maximum absolute atomic E-state index is 12.2. The van der Waals surface area contributed by atoms with E-state index in [0.717, 1.165) is 31.2 Å². The van der Waals surface area contributed by atoms with Crippen LogP contribution in [0, 0.1) is 0 Å². The van der Waals surface area contributed by atoms with Crippen LogP contribution < -0.4 is 11.1 Å². The third-order valence-electron chi connectivity index (χ3n) is 4.89. The van der Waals surface area contributed by atoms with E-state index in [4.69, 9.17) is 5.73 Å². The molecule has 1 aliphatic rings. The first kappa shape index (κ1) is 18.9. The average Bonchev–Trinajstić information content (AvgIpc) is 3.09. The van der Waals surface area contributed by atoms with Crippen molar-refractivity contribution in [1.82, 2.24) is 19.9 Å². The minimum absolute atomic E-state index is 0.0690. The number of nitrogens with zero attached hydrogens (tertiary/aromatic N) is 3. The van der Waals surface area contributed by atoms with Gasteiger partial charge in [-0.2, -0.15) is 0 Å². The second-order valence-corrected chi connectivity index (χ2v) is 7.06. The van der Waals surface area contributed by atoms with Gasteiger partial charge in [-0.05, 0) is 30.9 Å². The van der Waals surface area contributed by atoms with Gasteiger partial charge >= 0.3 is 5.97 Å². The molecule has 2 heterocycles. The zero-order chi connectivity index (χ0) is 19.2. The number of amides is 1. The minimum Gasteiger partial charge on any atom is -0.481 e. The number of hydrogen-bond acceptors (Lipinski definition) is 5. The van der Waals surface area contributed by atoms with Gasteiger partial charge in [0.25, 0.3) is 0 Å². The molecule has 1 aliphatic carbocycles. The monoisotopic (exact) mass is 371 g/mol. The molecule has 0 saturated heterocycles. The third kappa shape index (κ3) is 5.29. The molecule has 0 aromatic carbocycles. The fraction of sp³-hybridized carbons (Fsp3) is 0.474. The second kappa shape index (κ2) is 8.66. The first-order valence-corrected chi connectivity index (χ1v) is 9.25. The lowest BCUT2D eigenvalue weighted by atomic mass is 9.95. The Morgan fingerprint density at radius 1 is 1.26 bits per heavy atom. The Labute approximate surface area is 157 Å². The van der Waals surface area contributed by atoms with Crippen LogP contribution in [0.2, 0.25) is 0 Å². The standard InChI is InChI=1S/C19H25N5O3/c20-17-7-6-13(9-21-17)8-15(19(26)27)16-10-24(12-22-16)11-18(25)23-14-4-2-1-3-5-14/h6-7,9-10,12,14-15H,1-5,8,11H2,(H2,20,21)(H,23,25)(H,26,27). The average molecular weight is 371 g/mol. The van der Waals surface area contributed by atoms with Gasteiger partial charge in [-0.25, -0.2) is 9.97 Å². The van der Waals surface area contributed by atoms with Crippen LogP contribution in [-0.2, 0) is 22.6 Å². The normalized spacial score (nSPS) is 16.0. The molecule has 0 radical (unpaired) electrons. The van der Waals surface area contributed by atoms with Crippen molar-refractivity contribution in [3.63, 3.8) is 0 Å². The molecular weight excluding hydrogens is 346 g/mol. The van der Waals surface area contributed by atoms with Crippen molar-refractivity contribution in [2.24, 2.45) is 0 Å². The molecule has 144 valence electrons. The fourth-order valence-electron chi connectivity index (χ4n) is 3.44. The van der Waals surface area contributed by atoms with Crippen LogP contribution in [0.25, 0.3) is 0 Å². The van der Waals surface area contributed by atoms with Crippen LogP contribution in [0.3, 0.4) is 0 Å². The summed E-state index contributed by atoms with van der Waals surface area (Å²) in [5.74, 6) is -1.46. The Bertz CT molecular complexity index is 781. The molecule has 0 aliphatic heterocycles. The maximum Gasteiger partial charge on any atom is 0.312 e. The van der Waals surface area contributed by atoms with Crippen LogP contribution in [0.1, 0.15) is 49.3 Å². The topological polar surface area (TPSA) is 123 Å². The van der Waals surface area contributed by atoms with Crippen molar-refractivity contribution in [1.29, 1.82) is 0 Å². The fourth-order valence-corrected chi connectivity index (χ4v) is 3.44. The lowest BCUT2D eigenvalue weighted by molar-refractivity contribution is -0.138. The quantitative estimate of drug-likeness (QED) is 0.681. The highest BCUT2D eigenvalue weighted by molar-refractivity contribution is 5.77. The summed E-state index contributed by atoms with van der Waals surface area (Å²) in [5.41, 5.74) is 6.75. The zero-order valence-corrected chi connectivity index (χ0v) is 15.2. The van der Waals surface area contributed by atoms with E-state index < -0.39 is 11.9 Å². The molecule has 1 unspecified atom stereocenters. The predicted octanol–water partition coefficient (Wildman–Crippen LogP) is 1.72. The molecule has 1 amide bonds. The van der Waals surface area contributed by atoms with E-state index in [0.29, 0.717) is 11.5 Å². The smallest absolute Gasteiger partial charge is 0.312 e. The van der Waals surface area contributed by atoms with Gasteiger partial charge in [-0.1, -0.05) is 25.3 Å². The van der Waals surface area contributed by atoms with Crippen molar-refractivity contribution in [2.75, 3.05) is 5.73 Å². The summed E-state index contributed by atoms with van der Waals surface area (Å²) in [7, 11) is 0. The maximum atomic E-state index is 12.2. The van der Waals surface area contributed by atoms with Gasteiger partial charge in [0.2, 0.25) is 5.91 Å². The molecule has 0 spiro atoms. The molecule has 8 nitrogen and oxygen atoms in total. The lowest BCUT2D eigenvalue weighted by Crippen LogP contribution is -2.38. The first-order chi connectivity index (χ1) is 13.0. The number of nitrogens with one attached hydrogen (secondary N) is 1. The van der Waals surface area contributed by atoms with Gasteiger partial charge < -0.3 is 20.7 Å². The molecule has 3 rings (SSSR count). The Morgan fingerprint density at radius 3 is 2.70 bits per heavy atom. The largest absolute Gasteiger partial charge is 0.481 e. The Balaban J connectivity index is 1.62. The summed E-state index contributed by atoms with van der Waals surface area (Å²) >= 11 is 0. The number of nitrogen functional groups attached to an aromatic ring is 1. The summed E-state index contributed by atoms with van der Waals surface area (Å²) in [4.78, 5) is 32.1. The number of imidazole rings is 1. The van der Waals surface area contributed by atoms with Gasteiger partial charge in [0.15, 0.2) is 0 Å². The van der Waals surface area contributed by atoms with Crippen molar-refractivity contribution < 1.29 is 14.7 Å². The number of carbonyl (C=O) groups excluding carboxylic acids is 1. The van der Waals surface area contributed by atoms with Crippen LogP contribution in [0.15, 0.2) is 30.9 Å². The Kier molecular flexibility index (Phi) is 6.05. The predicted molar refractivity (Wildman–Crippen MR) is 100.0 cm³/mol. The molecule has 0 bridgehead atoms. The van der Waals surface area contributed by atoms with Crippen LogP contribution in [0.5, 0.6) is 0 Å². The number of anilines is 1. The lowest BCUT2D eigenvalue weighted by Gasteiger charge is -2.22. The first-order valence-electron chi connectivity index (χ1n) is 9.25. The number of pyridine rings is 1. The SMILES string of the molecule is Nc1ccc(CC(C(=O)O)c2cn(CC(=O)NC3CCCCC3)cn2)cn1. The van der Waals surface area contributed by atoms with Gasteiger partial charge in [0, 0.05) is 18.4 Å². The summed E-state index contributed by atoms with van der Waals surface area (Å²) in [6.45, 7) is 0.138. The molecule has 1 fully saturated rings. The van der Waals surface area contributed by atoms with E-state index in [1.165, 1.54) is 12.7 Å². The summed E-state index contributed by atoms with van der Waals surface area (Å²) in [6.07, 6.45) is 10.6. The number of carbonyl (C=O) groups is 2. The van der Waals surface area contributed by atoms with Gasteiger partial charge in [-0.15, -0.1) is 0 Å². The van der Waals surface area contributed by atoms with E-state index in [-0.39, 0.29) is 24.9 Å². The molecular formula is C19H25N5O3. The van der Waals surface area contributed by atoms with Crippen molar-refractivity contribution in [3.8, 4) is 0 Å². The summed E-state index contributed by atoms with van der Waals surface area (Å²) in [5, 5.41) is 12.6. The number of carboxylic acid groups (broad SMARTS) is 1. The number of aromatic nitrogens is 3. The number of hydrogen-bond donors (Lipinski definition) is 3. The third-order valence-corrected chi connectivity index (χ3v) is 4.89. The molecule has 2 aromatic rings. The van der Waals surface area contributed by atoms with Gasteiger partial charge in [0.05, 0.1) is 12.0 Å². The molecule has 1 atom stereocenters. The highest BCUT2D eigenvalue weighted by Crippen LogP contribution is 2.20. The minimum atomic E-state index is -0.969. The highest BCUT2D eigenvalue weighted by atomic mass is 16.4. The number of rotatable bonds is 7. The van der Waals surface area contributed by atoms with Crippen LogP contribution >= 0.6 is 0 Å². The van der Waals surface area contributed by atoms with E-state index in [1.807, 2.05) is 0 Å². The van der Waals surface area contributed by atoms with E-state index in [1.54, 1.807) is 29.1 Å². The summed E-state index contributed by atoms with van der Waals surface area (Å²) < 4.78 is 1.63. The second-order valence-electron chi connectivity index (χ2n) is 7.06. The van der Waals surface area contributed by atoms with Gasteiger partial charge in [-0.3, -0.25) is 9.59 Å². The van der Waals surface area contributed by atoms with E-state index >= 15 is 0 Å². The zero-order valence-electron chi connectivity index (χ0n) is 15.2. The highest BCUT2D eigenvalue weighted by Gasteiger charge is 2.23. The van der Waals surface area contributed by atoms with E-state index in [2.05, 4.69) is 15.3 Å². The Morgan fingerprint density at radius 2 is 2.04 bits per heavy atom. The molecule has 1 saturated carbocycles. The molecule has 27 heavy (non-hydrogen) atoms. The van der Waals surface area contributed by atoms with Crippen LogP contribution in [0.4, 0.5) is 5.82 Å².